The summed E-state index contributed by atoms with van der Waals surface area (Å²) in [5, 5.41) is 15.4. The van der Waals surface area contributed by atoms with Crippen LogP contribution in [-0.4, -0.2) is 37.5 Å². The molecule has 3 aromatic rings. The zero-order chi connectivity index (χ0) is 21.9. The summed E-state index contributed by atoms with van der Waals surface area (Å²) in [5.41, 5.74) is -0.159. The largest absolute Gasteiger partial charge is 0.381 e. The molecule has 9 heteroatoms. The number of nitrogens with zero attached hydrogens (tertiary/aromatic N) is 4. The molecule has 2 saturated heterocycles. The molecule has 2 N–H and O–H groups in total. The normalized spacial score (nSPS) is 29.5. The van der Waals surface area contributed by atoms with Crippen LogP contribution in [-0.2, 0) is 15.2 Å². The number of para-hydroxylation sites is 2. The van der Waals surface area contributed by atoms with Gasteiger partial charge in [0.25, 0.3) is 11.5 Å². The van der Waals surface area contributed by atoms with Gasteiger partial charge in [-0.2, -0.15) is 0 Å². The molecule has 5 aliphatic rings. The van der Waals surface area contributed by atoms with Gasteiger partial charge in [-0.3, -0.25) is 23.9 Å². The van der Waals surface area contributed by atoms with Crippen LogP contribution in [0.4, 0.5) is 5.69 Å². The molecule has 1 aromatic heterocycles. The van der Waals surface area contributed by atoms with E-state index in [-0.39, 0.29) is 23.6 Å². The second-order valence-corrected chi connectivity index (χ2v) is 8.64. The molecule has 2 aromatic carbocycles. The van der Waals surface area contributed by atoms with E-state index in [0.29, 0.717) is 28.0 Å². The summed E-state index contributed by atoms with van der Waals surface area (Å²) in [7, 11) is 0. The molecular weight excluding hydrogens is 410 g/mol. The first-order valence-corrected chi connectivity index (χ1v) is 10.4. The van der Waals surface area contributed by atoms with Gasteiger partial charge in [-0.25, -0.2) is 4.98 Å². The highest BCUT2D eigenvalue weighted by Crippen LogP contribution is 2.56. The third kappa shape index (κ3) is 1.80. The second kappa shape index (κ2) is 5.43. The molecule has 158 valence electrons. The Labute approximate surface area is 181 Å². The van der Waals surface area contributed by atoms with E-state index in [0.717, 1.165) is 0 Å². The van der Waals surface area contributed by atoms with Gasteiger partial charge in [0.05, 0.1) is 22.3 Å². The van der Waals surface area contributed by atoms with Gasteiger partial charge in [-0.05, 0) is 18.2 Å². The van der Waals surface area contributed by atoms with Crippen molar-refractivity contribution in [2.45, 2.75) is 30.4 Å². The molecule has 8 rings (SSSR count). The number of nitrogens with one attached hydrogen (secondary N) is 1. The van der Waals surface area contributed by atoms with E-state index >= 15 is 0 Å². The fourth-order valence-electron chi connectivity index (χ4n) is 5.76. The van der Waals surface area contributed by atoms with Crippen LogP contribution in [0.15, 0.2) is 65.6 Å². The molecular formula is C23H17N5O4. The molecule has 2 bridgehead atoms. The Bertz CT molecular complexity index is 1480. The number of aromatic nitrogens is 2. The highest BCUT2D eigenvalue weighted by atomic mass is 16.3. The van der Waals surface area contributed by atoms with Gasteiger partial charge in [0.15, 0.2) is 12.0 Å². The van der Waals surface area contributed by atoms with Gasteiger partial charge in [-0.1, -0.05) is 36.9 Å². The Kier molecular flexibility index (Phi) is 3.00. The summed E-state index contributed by atoms with van der Waals surface area (Å²) in [4.78, 5) is 47.9. The van der Waals surface area contributed by atoms with E-state index in [1.807, 2.05) is 0 Å². The number of hydrogen-bond acceptors (Lipinski definition) is 6. The molecule has 6 heterocycles. The van der Waals surface area contributed by atoms with Gasteiger partial charge in [0.2, 0.25) is 5.91 Å². The minimum absolute atomic E-state index is 0.0896. The van der Waals surface area contributed by atoms with E-state index in [4.69, 9.17) is 4.98 Å². The molecule has 2 fully saturated rings. The summed E-state index contributed by atoms with van der Waals surface area (Å²) in [6.07, 6.45) is -1.82. The molecule has 0 saturated carbocycles. The number of fused-ring (bicyclic) bond motifs is 4. The molecule has 9 nitrogen and oxygen atoms in total. The molecule has 5 aliphatic heterocycles. The fraction of sp³-hybridized carbons (Fsp3) is 0.217. The van der Waals surface area contributed by atoms with Crippen molar-refractivity contribution in [3.8, 4) is 0 Å². The Morgan fingerprint density at radius 3 is 2.69 bits per heavy atom. The summed E-state index contributed by atoms with van der Waals surface area (Å²) in [6.45, 7) is 3.97. The number of anilines is 1. The maximum atomic E-state index is 13.5. The zero-order valence-corrected chi connectivity index (χ0v) is 16.7. The average Bonchev–Trinajstić information content (AvgIpc) is 3.19. The predicted octanol–water partition coefficient (Wildman–Crippen LogP) is 0.859. The third-order valence-electron chi connectivity index (χ3n) is 7.10. The van der Waals surface area contributed by atoms with Gasteiger partial charge in [-0.15, -0.1) is 0 Å². The van der Waals surface area contributed by atoms with Crippen LogP contribution < -0.4 is 15.8 Å². The minimum atomic E-state index is -1.57. The van der Waals surface area contributed by atoms with Gasteiger partial charge < -0.3 is 15.3 Å². The molecule has 0 radical (unpaired) electrons. The number of rotatable bonds is 0. The van der Waals surface area contributed by atoms with E-state index < -0.39 is 29.9 Å². The Hall–Kier alpha value is -3.98. The molecule has 4 unspecified atom stereocenters. The Morgan fingerprint density at radius 1 is 1.09 bits per heavy atom. The van der Waals surface area contributed by atoms with Gasteiger partial charge >= 0.3 is 0 Å². The van der Waals surface area contributed by atoms with Gasteiger partial charge in [0, 0.05) is 12.0 Å². The molecule has 4 atom stereocenters. The third-order valence-corrected chi connectivity index (χ3v) is 7.10. The lowest BCUT2D eigenvalue weighted by Gasteiger charge is -2.48. The van der Waals surface area contributed by atoms with Crippen LogP contribution >= 0.6 is 0 Å². The van der Waals surface area contributed by atoms with E-state index in [2.05, 4.69) is 11.9 Å². The van der Waals surface area contributed by atoms with Crippen LogP contribution in [0.5, 0.6) is 0 Å². The van der Waals surface area contributed by atoms with Crippen LogP contribution in [0.2, 0.25) is 0 Å². The highest BCUT2D eigenvalue weighted by Gasteiger charge is 2.65. The Morgan fingerprint density at radius 2 is 1.84 bits per heavy atom. The lowest BCUT2D eigenvalue weighted by molar-refractivity contribution is -0.140. The predicted molar refractivity (Wildman–Crippen MR) is 113 cm³/mol. The highest BCUT2D eigenvalue weighted by molar-refractivity contribution is 6.10. The number of amides is 2. The fourth-order valence-corrected chi connectivity index (χ4v) is 5.76. The molecule has 0 spiro atoms. The lowest BCUT2D eigenvalue weighted by atomic mass is 9.83. The average molecular weight is 427 g/mol. The SMILES string of the molecule is C=C1C(=O)N2c3ccccc3C3(O)CC4C(=O)NC(c5nc6ccccc6c(=O)n54)N1C23. The summed E-state index contributed by atoms with van der Waals surface area (Å²) in [5.74, 6) is -0.434. The number of benzene rings is 2. The topological polar surface area (TPSA) is 108 Å². The number of hydrogen-bond donors (Lipinski definition) is 2. The first kappa shape index (κ1) is 17.7. The zero-order valence-electron chi connectivity index (χ0n) is 16.7. The number of carbonyl (C=O) groups is 2. The first-order valence-electron chi connectivity index (χ1n) is 10.4. The summed E-state index contributed by atoms with van der Waals surface area (Å²) >= 11 is 0. The maximum Gasteiger partial charge on any atom is 0.275 e. The van der Waals surface area contributed by atoms with Crippen LogP contribution in [0.3, 0.4) is 0 Å². The maximum absolute atomic E-state index is 13.5. The second-order valence-electron chi connectivity index (χ2n) is 8.64. The van der Waals surface area contributed by atoms with E-state index in [1.54, 1.807) is 53.4 Å². The van der Waals surface area contributed by atoms with Crippen LogP contribution in [0.1, 0.15) is 30.0 Å². The van der Waals surface area contributed by atoms with E-state index in [1.165, 1.54) is 9.47 Å². The Balaban J connectivity index is 1.59. The van der Waals surface area contributed by atoms with Crippen molar-refractivity contribution in [1.82, 2.24) is 19.8 Å². The van der Waals surface area contributed by atoms with Crippen LogP contribution in [0, 0.1) is 0 Å². The van der Waals surface area contributed by atoms with Crippen molar-refractivity contribution < 1.29 is 14.7 Å². The lowest BCUT2D eigenvalue weighted by Crippen LogP contribution is -2.62. The number of aliphatic hydroxyl groups is 1. The molecule has 32 heavy (non-hydrogen) atoms. The smallest absolute Gasteiger partial charge is 0.275 e. The van der Waals surface area contributed by atoms with Crippen molar-refractivity contribution in [1.29, 1.82) is 0 Å². The van der Waals surface area contributed by atoms with Crippen molar-refractivity contribution in [3.63, 3.8) is 0 Å². The monoisotopic (exact) mass is 427 g/mol. The standard InChI is InChI=1S/C23H17N5O4/c1-11-20(30)28-15-9-5-3-7-13(15)23(32)10-16-19(29)25-18(26(11)22(23)28)17-24-14-8-4-2-6-12(14)21(31)27(16)17/h2-9,16,18,22,32H,1,10H2,(H,25,29). The molecule has 0 aliphatic carbocycles. The van der Waals surface area contributed by atoms with Crippen molar-refractivity contribution in [2.75, 3.05) is 4.90 Å². The molecule has 2 amide bonds. The first-order chi connectivity index (χ1) is 15.4. The summed E-state index contributed by atoms with van der Waals surface area (Å²) in [6, 6.07) is 13.1. The van der Waals surface area contributed by atoms with Gasteiger partial charge in [0.1, 0.15) is 17.8 Å². The summed E-state index contributed by atoms with van der Waals surface area (Å²) < 4.78 is 1.38. The minimum Gasteiger partial charge on any atom is -0.381 e. The van der Waals surface area contributed by atoms with Crippen molar-refractivity contribution in [3.05, 3.63) is 82.5 Å². The van der Waals surface area contributed by atoms with Crippen molar-refractivity contribution >= 4 is 28.4 Å². The number of carbonyl (C=O) groups excluding carboxylic acids is 2. The quantitative estimate of drug-likeness (QED) is 0.516. The van der Waals surface area contributed by atoms with E-state index in [9.17, 15) is 19.5 Å². The van der Waals surface area contributed by atoms with Crippen LogP contribution in [0.25, 0.3) is 10.9 Å². The van der Waals surface area contributed by atoms with Crippen molar-refractivity contribution in [2.24, 2.45) is 0 Å².